The van der Waals surface area contributed by atoms with Crippen LogP contribution in [0.3, 0.4) is 0 Å². The standard InChI is InChI=1S/C12H22N2S/c1-6-7-13-10(12(3,4)5)11-14-9(2)8-15-11/h8,10,13H,6-7H2,1-5H3. The van der Waals surface area contributed by atoms with Crippen molar-refractivity contribution < 1.29 is 0 Å². The summed E-state index contributed by atoms with van der Waals surface area (Å²) in [6.45, 7) is 12.1. The lowest BCUT2D eigenvalue weighted by Crippen LogP contribution is -2.32. The Morgan fingerprint density at radius 2 is 2.13 bits per heavy atom. The average Bonchev–Trinajstić information content (AvgIpc) is 2.50. The minimum absolute atomic E-state index is 0.222. The molecule has 0 aliphatic rings. The van der Waals surface area contributed by atoms with Crippen LogP contribution in [0.4, 0.5) is 0 Å². The second-order valence-corrected chi connectivity index (χ2v) is 5.97. The van der Waals surface area contributed by atoms with Crippen molar-refractivity contribution in [2.75, 3.05) is 6.54 Å². The van der Waals surface area contributed by atoms with Gasteiger partial charge < -0.3 is 5.32 Å². The minimum atomic E-state index is 0.222. The van der Waals surface area contributed by atoms with Crippen LogP contribution in [-0.4, -0.2) is 11.5 Å². The second-order valence-electron chi connectivity index (χ2n) is 5.08. The van der Waals surface area contributed by atoms with Crippen LogP contribution in [0.5, 0.6) is 0 Å². The Kier molecular flexibility index (Phi) is 4.29. The van der Waals surface area contributed by atoms with Gasteiger partial charge >= 0.3 is 0 Å². The van der Waals surface area contributed by atoms with Crippen LogP contribution in [0, 0.1) is 12.3 Å². The predicted molar refractivity (Wildman–Crippen MR) is 67.3 cm³/mol. The quantitative estimate of drug-likeness (QED) is 0.849. The third-order valence-corrected chi connectivity index (χ3v) is 3.38. The first-order chi connectivity index (χ1) is 6.95. The summed E-state index contributed by atoms with van der Waals surface area (Å²) in [6, 6.07) is 0.371. The Morgan fingerprint density at radius 1 is 1.47 bits per heavy atom. The summed E-state index contributed by atoms with van der Waals surface area (Å²) < 4.78 is 0. The highest BCUT2D eigenvalue weighted by atomic mass is 32.1. The van der Waals surface area contributed by atoms with Crippen molar-refractivity contribution in [3.63, 3.8) is 0 Å². The van der Waals surface area contributed by atoms with Crippen LogP contribution in [0.15, 0.2) is 5.38 Å². The predicted octanol–water partition coefficient (Wildman–Crippen LogP) is 3.54. The fraction of sp³-hybridized carbons (Fsp3) is 0.750. The van der Waals surface area contributed by atoms with Crippen molar-refractivity contribution in [3.8, 4) is 0 Å². The molecule has 1 rings (SSSR count). The molecule has 15 heavy (non-hydrogen) atoms. The summed E-state index contributed by atoms with van der Waals surface area (Å²) in [4.78, 5) is 4.59. The topological polar surface area (TPSA) is 24.9 Å². The number of thiazole rings is 1. The number of nitrogens with zero attached hydrogens (tertiary/aromatic N) is 1. The minimum Gasteiger partial charge on any atom is -0.308 e. The second kappa shape index (κ2) is 5.08. The van der Waals surface area contributed by atoms with E-state index in [4.69, 9.17) is 0 Å². The highest BCUT2D eigenvalue weighted by molar-refractivity contribution is 7.09. The zero-order chi connectivity index (χ0) is 11.5. The molecule has 1 aromatic heterocycles. The van der Waals surface area contributed by atoms with Gasteiger partial charge in [0.2, 0.25) is 0 Å². The van der Waals surface area contributed by atoms with Crippen LogP contribution in [0.2, 0.25) is 0 Å². The van der Waals surface area contributed by atoms with Gasteiger partial charge in [0, 0.05) is 11.1 Å². The maximum absolute atomic E-state index is 4.59. The molecule has 1 heterocycles. The lowest BCUT2D eigenvalue weighted by molar-refractivity contribution is 0.272. The van der Waals surface area contributed by atoms with E-state index in [1.54, 1.807) is 11.3 Å². The van der Waals surface area contributed by atoms with Gasteiger partial charge in [-0.1, -0.05) is 27.7 Å². The van der Waals surface area contributed by atoms with Crippen LogP contribution >= 0.6 is 11.3 Å². The maximum Gasteiger partial charge on any atom is 0.110 e. The molecule has 0 amide bonds. The summed E-state index contributed by atoms with van der Waals surface area (Å²) in [5.74, 6) is 0. The summed E-state index contributed by atoms with van der Waals surface area (Å²) in [5.41, 5.74) is 1.35. The average molecular weight is 226 g/mol. The van der Waals surface area contributed by atoms with E-state index in [0.717, 1.165) is 18.7 Å². The Balaban J connectivity index is 2.81. The summed E-state index contributed by atoms with van der Waals surface area (Å²) >= 11 is 1.76. The van der Waals surface area contributed by atoms with Crippen molar-refractivity contribution in [3.05, 3.63) is 16.1 Å². The van der Waals surface area contributed by atoms with Gasteiger partial charge in [0.1, 0.15) is 5.01 Å². The van der Waals surface area contributed by atoms with Crippen LogP contribution in [0.25, 0.3) is 0 Å². The first-order valence-corrected chi connectivity index (χ1v) is 6.48. The van der Waals surface area contributed by atoms with E-state index < -0.39 is 0 Å². The molecule has 1 unspecified atom stereocenters. The molecule has 0 fully saturated rings. The normalized spacial score (nSPS) is 14.2. The first kappa shape index (κ1) is 12.7. The summed E-state index contributed by atoms with van der Waals surface area (Å²) in [5, 5.41) is 6.93. The van der Waals surface area contributed by atoms with Gasteiger partial charge in [-0.15, -0.1) is 11.3 Å². The molecule has 0 aliphatic carbocycles. The Morgan fingerprint density at radius 3 is 2.53 bits per heavy atom. The Hall–Kier alpha value is -0.410. The SMILES string of the molecule is CCCNC(c1nc(C)cs1)C(C)(C)C. The molecule has 0 saturated carbocycles. The van der Waals surface area contributed by atoms with Crippen molar-refractivity contribution in [1.82, 2.24) is 10.3 Å². The Labute approximate surface area is 97.1 Å². The van der Waals surface area contributed by atoms with Crippen LogP contribution < -0.4 is 5.32 Å². The molecule has 0 bridgehead atoms. The van der Waals surface area contributed by atoms with E-state index in [1.807, 2.05) is 0 Å². The molecule has 1 N–H and O–H groups in total. The van der Waals surface area contributed by atoms with E-state index in [-0.39, 0.29) is 5.41 Å². The molecule has 0 aliphatic heterocycles. The molecule has 3 heteroatoms. The highest BCUT2D eigenvalue weighted by Gasteiger charge is 2.27. The van der Waals surface area contributed by atoms with Gasteiger partial charge in [-0.2, -0.15) is 0 Å². The molecule has 0 spiro atoms. The molecule has 1 aromatic rings. The maximum atomic E-state index is 4.59. The smallest absolute Gasteiger partial charge is 0.110 e. The highest BCUT2D eigenvalue weighted by Crippen LogP contribution is 2.34. The largest absolute Gasteiger partial charge is 0.308 e. The third kappa shape index (κ3) is 3.58. The van der Waals surface area contributed by atoms with Gasteiger partial charge in [-0.25, -0.2) is 4.98 Å². The molecule has 0 radical (unpaired) electrons. The Bertz CT molecular complexity index is 299. The molecule has 0 aromatic carbocycles. The fourth-order valence-electron chi connectivity index (χ4n) is 1.56. The van der Waals surface area contributed by atoms with E-state index in [9.17, 15) is 0 Å². The number of aromatic nitrogens is 1. The van der Waals surface area contributed by atoms with Crippen molar-refractivity contribution >= 4 is 11.3 Å². The van der Waals surface area contributed by atoms with Crippen LogP contribution in [0.1, 0.15) is 50.9 Å². The van der Waals surface area contributed by atoms with Gasteiger partial charge in [0.05, 0.1) is 6.04 Å². The van der Waals surface area contributed by atoms with Gasteiger partial charge in [-0.05, 0) is 25.3 Å². The van der Waals surface area contributed by atoms with Crippen molar-refractivity contribution in [2.45, 2.75) is 47.1 Å². The lowest BCUT2D eigenvalue weighted by atomic mass is 9.87. The zero-order valence-corrected chi connectivity index (χ0v) is 11.2. The molecular weight excluding hydrogens is 204 g/mol. The molecule has 1 atom stereocenters. The van der Waals surface area contributed by atoms with E-state index in [0.29, 0.717) is 6.04 Å². The van der Waals surface area contributed by atoms with Gasteiger partial charge in [0.15, 0.2) is 0 Å². The monoisotopic (exact) mass is 226 g/mol. The van der Waals surface area contributed by atoms with Crippen LogP contribution in [-0.2, 0) is 0 Å². The van der Waals surface area contributed by atoms with E-state index in [2.05, 4.69) is 50.3 Å². The van der Waals surface area contributed by atoms with E-state index >= 15 is 0 Å². The summed E-state index contributed by atoms with van der Waals surface area (Å²) in [7, 11) is 0. The van der Waals surface area contributed by atoms with Crippen molar-refractivity contribution in [2.24, 2.45) is 5.41 Å². The molecule has 86 valence electrons. The number of nitrogens with one attached hydrogen (secondary N) is 1. The lowest BCUT2D eigenvalue weighted by Gasteiger charge is -2.30. The number of hydrogen-bond donors (Lipinski definition) is 1. The van der Waals surface area contributed by atoms with Gasteiger partial charge in [0.25, 0.3) is 0 Å². The van der Waals surface area contributed by atoms with Gasteiger partial charge in [-0.3, -0.25) is 0 Å². The fourth-order valence-corrected chi connectivity index (χ4v) is 2.67. The number of rotatable bonds is 4. The number of hydrogen-bond acceptors (Lipinski definition) is 3. The molecular formula is C12H22N2S. The van der Waals surface area contributed by atoms with Crippen molar-refractivity contribution in [1.29, 1.82) is 0 Å². The molecule has 0 saturated heterocycles. The first-order valence-electron chi connectivity index (χ1n) is 5.60. The zero-order valence-electron chi connectivity index (χ0n) is 10.4. The summed E-state index contributed by atoms with van der Waals surface area (Å²) in [6.07, 6.45) is 1.16. The molecule has 2 nitrogen and oxygen atoms in total. The number of aryl methyl sites for hydroxylation is 1. The van der Waals surface area contributed by atoms with E-state index in [1.165, 1.54) is 5.01 Å². The third-order valence-electron chi connectivity index (χ3n) is 2.35.